The molecular formula is C13H25N3. The number of nitrogens with zero attached hydrogens (tertiary/aromatic N) is 2. The highest BCUT2D eigenvalue weighted by Crippen LogP contribution is 2.26. The van der Waals surface area contributed by atoms with E-state index in [1.165, 1.54) is 11.3 Å². The SMILES string of the molecule is Cc1nn(C(C)C)c(C)c1CC(C)(C)CN. The number of nitrogens with two attached hydrogens (primary N) is 1. The Kier molecular flexibility index (Phi) is 3.79. The van der Waals surface area contributed by atoms with E-state index in [-0.39, 0.29) is 5.41 Å². The third-order valence-electron chi connectivity index (χ3n) is 3.17. The van der Waals surface area contributed by atoms with Crippen LogP contribution in [0.3, 0.4) is 0 Å². The number of rotatable bonds is 4. The standard InChI is InChI=1S/C13H25N3/c1-9(2)16-11(4)12(10(3)15-16)7-13(5,6)8-14/h9H,7-8,14H2,1-6H3. The van der Waals surface area contributed by atoms with Crippen molar-refractivity contribution in [2.24, 2.45) is 11.1 Å². The van der Waals surface area contributed by atoms with E-state index in [4.69, 9.17) is 5.73 Å². The molecule has 0 bridgehead atoms. The first kappa shape index (κ1) is 13.2. The van der Waals surface area contributed by atoms with Gasteiger partial charge in [0.1, 0.15) is 0 Å². The summed E-state index contributed by atoms with van der Waals surface area (Å²) in [6.07, 6.45) is 1.01. The molecule has 1 aromatic heterocycles. The Labute approximate surface area is 99.0 Å². The Morgan fingerprint density at radius 3 is 2.25 bits per heavy atom. The zero-order chi connectivity index (χ0) is 12.5. The minimum Gasteiger partial charge on any atom is -0.330 e. The van der Waals surface area contributed by atoms with Crippen LogP contribution in [0.25, 0.3) is 0 Å². The Morgan fingerprint density at radius 2 is 1.88 bits per heavy atom. The van der Waals surface area contributed by atoms with Crippen molar-refractivity contribution < 1.29 is 0 Å². The smallest absolute Gasteiger partial charge is 0.0628 e. The molecule has 0 spiro atoms. The summed E-state index contributed by atoms with van der Waals surface area (Å²) in [5.41, 5.74) is 9.74. The fourth-order valence-electron chi connectivity index (χ4n) is 2.01. The van der Waals surface area contributed by atoms with E-state index >= 15 is 0 Å². The van der Waals surface area contributed by atoms with Crippen LogP contribution in [0, 0.1) is 19.3 Å². The minimum atomic E-state index is 0.153. The average Bonchev–Trinajstić information content (AvgIpc) is 2.45. The first-order valence-corrected chi connectivity index (χ1v) is 6.03. The Balaban J connectivity index is 3.06. The molecule has 0 aliphatic rings. The number of aryl methyl sites for hydroxylation is 1. The summed E-state index contributed by atoms with van der Waals surface area (Å²) < 4.78 is 2.11. The van der Waals surface area contributed by atoms with Crippen molar-refractivity contribution in [3.05, 3.63) is 17.0 Å². The quantitative estimate of drug-likeness (QED) is 0.852. The van der Waals surface area contributed by atoms with Gasteiger partial charge < -0.3 is 5.73 Å². The lowest BCUT2D eigenvalue weighted by Gasteiger charge is -2.22. The first-order valence-electron chi connectivity index (χ1n) is 6.03. The number of aromatic nitrogens is 2. The van der Waals surface area contributed by atoms with Crippen LogP contribution >= 0.6 is 0 Å². The van der Waals surface area contributed by atoms with Crippen molar-refractivity contribution in [1.82, 2.24) is 9.78 Å². The van der Waals surface area contributed by atoms with Crippen molar-refractivity contribution in [3.8, 4) is 0 Å². The highest BCUT2D eigenvalue weighted by molar-refractivity contribution is 5.26. The van der Waals surface area contributed by atoms with Crippen LogP contribution in [0.1, 0.15) is 50.7 Å². The molecule has 92 valence electrons. The maximum Gasteiger partial charge on any atom is 0.0628 e. The fourth-order valence-corrected chi connectivity index (χ4v) is 2.01. The van der Waals surface area contributed by atoms with Crippen LogP contribution in [-0.2, 0) is 6.42 Å². The second-order valence-electron chi connectivity index (χ2n) is 5.73. The molecule has 1 heterocycles. The summed E-state index contributed by atoms with van der Waals surface area (Å²) in [6, 6.07) is 0.424. The van der Waals surface area contributed by atoms with Gasteiger partial charge in [-0.05, 0) is 51.6 Å². The summed E-state index contributed by atoms with van der Waals surface area (Å²) in [5, 5.41) is 4.60. The number of hydrogen-bond acceptors (Lipinski definition) is 2. The van der Waals surface area contributed by atoms with Gasteiger partial charge in [0.2, 0.25) is 0 Å². The maximum absolute atomic E-state index is 5.79. The van der Waals surface area contributed by atoms with Crippen LogP contribution in [0.15, 0.2) is 0 Å². The molecule has 0 atom stereocenters. The lowest BCUT2D eigenvalue weighted by molar-refractivity contribution is 0.375. The Morgan fingerprint density at radius 1 is 1.31 bits per heavy atom. The van der Waals surface area contributed by atoms with Gasteiger partial charge in [-0.3, -0.25) is 4.68 Å². The number of hydrogen-bond donors (Lipinski definition) is 1. The van der Waals surface area contributed by atoms with E-state index in [1.807, 2.05) is 0 Å². The summed E-state index contributed by atoms with van der Waals surface area (Å²) >= 11 is 0. The molecule has 0 aromatic carbocycles. The van der Waals surface area contributed by atoms with Gasteiger partial charge in [0.25, 0.3) is 0 Å². The Bertz CT molecular complexity index is 361. The molecule has 1 aromatic rings. The lowest BCUT2D eigenvalue weighted by atomic mass is 9.85. The predicted octanol–water partition coefficient (Wildman–Crippen LogP) is 2.61. The zero-order valence-electron chi connectivity index (χ0n) is 11.5. The minimum absolute atomic E-state index is 0.153. The Hall–Kier alpha value is -0.830. The maximum atomic E-state index is 5.79. The molecule has 0 saturated heterocycles. The normalized spacial score (nSPS) is 12.5. The fraction of sp³-hybridized carbons (Fsp3) is 0.769. The molecule has 0 unspecified atom stereocenters. The third-order valence-corrected chi connectivity index (χ3v) is 3.17. The molecule has 0 amide bonds. The van der Waals surface area contributed by atoms with Gasteiger partial charge in [0.05, 0.1) is 5.69 Å². The van der Waals surface area contributed by atoms with Crippen LogP contribution < -0.4 is 5.73 Å². The zero-order valence-corrected chi connectivity index (χ0v) is 11.5. The molecule has 0 fully saturated rings. The third kappa shape index (κ3) is 2.64. The largest absolute Gasteiger partial charge is 0.330 e. The monoisotopic (exact) mass is 223 g/mol. The van der Waals surface area contributed by atoms with E-state index in [0.717, 1.165) is 12.1 Å². The topological polar surface area (TPSA) is 43.8 Å². The van der Waals surface area contributed by atoms with Gasteiger partial charge in [-0.15, -0.1) is 0 Å². The molecule has 0 saturated carbocycles. The molecule has 0 aliphatic carbocycles. The summed E-state index contributed by atoms with van der Waals surface area (Å²) in [4.78, 5) is 0. The molecular weight excluding hydrogens is 198 g/mol. The molecule has 16 heavy (non-hydrogen) atoms. The summed E-state index contributed by atoms with van der Waals surface area (Å²) in [5.74, 6) is 0. The van der Waals surface area contributed by atoms with Crippen LogP contribution in [0.2, 0.25) is 0 Å². The van der Waals surface area contributed by atoms with Gasteiger partial charge in [0, 0.05) is 11.7 Å². The first-order chi connectivity index (χ1) is 7.28. The van der Waals surface area contributed by atoms with Crippen LogP contribution in [0.4, 0.5) is 0 Å². The van der Waals surface area contributed by atoms with Gasteiger partial charge in [0.15, 0.2) is 0 Å². The van der Waals surface area contributed by atoms with Crippen LogP contribution in [0.5, 0.6) is 0 Å². The highest BCUT2D eigenvalue weighted by atomic mass is 15.3. The van der Waals surface area contributed by atoms with Crippen molar-refractivity contribution in [3.63, 3.8) is 0 Å². The van der Waals surface area contributed by atoms with E-state index in [2.05, 4.69) is 51.3 Å². The van der Waals surface area contributed by atoms with Gasteiger partial charge in [-0.2, -0.15) is 5.10 Å². The second kappa shape index (κ2) is 4.58. The van der Waals surface area contributed by atoms with Crippen molar-refractivity contribution in [2.45, 2.75) is 54.0 Å². The lowest BCUT2D eigenvalue weighted by Crippen LogP contribution is -2.26. The molecule has 0 aliphatic heterocycles. The molecule has 2 N–H and O–H groups in total. The predicted molar refractivity (Wildman–Crippen MR) is 68.6 cm³/mol. The molecule has 1 rings (SSSR count). The van der Waals surface area contributed by atoms with Crippen molar-refractivity contribution in [1.29, 1.82) is 0 Å². The summed E-state index contributed by atoms with van der Waals surface area (Å²) in [7, 11) is 0. The second-order valence-corrected chi connectivity index (χ2v) is 5.73. The van der Waals surface area contributed by atoms with Crippen molar-refractivity contribution >= 4 is 0 Å². The van der Waals surface area contributed by atoms with Crippen LogP contribution in [-0.4, -0.2) is 16.3 Å². The molecule has 3 heteroatoms. The molecule has 0 radical (unpaired) electrons. The van der Waals surface area contributed by atoms with Crippen molar-refractivity contribution in [2.75, 3.05) is 6.54 Å². The van der Waals surface area contributed by atoms with Gasteiger partial charge >= 0.3 is 0 Å². The van der Waals surface area contributed by atoms with E-state index in [9.17, 15) is 0 Å². The molecule has 3 nitrogen and oxygen atoms in total. The summed E-state index contributed by atoms with van der Waals surface area (Å²) in [6.45, 7) is 13.7. The highest BCUT2D eigenvalue weighted by Gasteiger charge is 2.22. The van der Waals surface area contributed by atoms with Gasteiger partial charge in [-0.25, -0.2) is 0 Å². The van der Waals surface area contributed by atoms with Gasteiger partial charge in [-0.1, -0.05) is 13.8 Å². The van der Waals surface area contributed by atoms with E-state index in [1.54, 1.807) is 0 Å². The van der Waals surface area contributed by atoms with E-state index < -0.39 is 0 Å². The average molecular weight is 223 g/mol. The van der Waals surface area contributed by atoms with E-state index in [0.29, 0.717) is 12.6 Å².